The predicted octanol–water partition coefficient (Wildman–Crippen LogP) is 4.30. The van der Waals surface area contributed by atoms with Crippen molar-refractivity contribution in [2.45, 2.75) is 39.5 Å². The van der Waals surface area contributed by atoms with Gasteiger partial charge in [0.25, 0.3) is 5.91 Å². The van der Waals surface area contributed by atoms with Gasteiger partial charge in [-0.25, -0.2) is 13.9 Å². The number of anilines is 1. The molecule has 3 aromatic rings. The van der Waals surface area contributed by atoms with Crippen LogP contribution in [-0.2, 0) is 22.4 Å². The number of rotatable bonds is 5. The van der Waals surface area contributed by atoms with Crippen LogP contribution < -0.4 is 5.32 Å². The molecule has 1 aliphatic carbocycles. The van der Waals surface area contributed by atoms with Crippen molar-refractivity contribution >= 4 is 17.6 Å². The third kappa shape index (κ3) is 4.66. The van der Waals surface area contributed by atoms with E-state index in [9.17, 15) is 14.0 Å². The van der Waals surface area contributed by atoms with E-state index in [4.69, 9.17) is 4.74 Å². The normalized spacial score (nSPS) is 12.9. The number of hydrogen-bond acceptors (Lipinski definition) is 4. The topological polar surface area (TPSA) is 73.2 Å². The number of carbonyl (C=O) groups is 2. The predicted molar refractivity (Wildman–Crippen MR) is 115 cm³/mol. The molecule has 0 radical (unpaired) electrons. The highest BCUT2D eigenvalue weighted by molar-refractivity contribution is 5.95. The van der Waals surface area contributed by atoms with Gasteiger partial charge in [-0.2, -0.15) is 5.10 Å². The lowest BCUT2D eigenvalue weighted by Gasteiger charge is -2.14. The van der Waals surface area contributed by atoms with Gasteiger partial charge in [0.1, 0.15) is 5.82 Å². The smallest absolute Gasteiger partial charge is 0.359 e. The third-order valence-corrected chi connectivity index (χ3v) is 5.28. The first kappa shape index (κ1) is 20.8. The second-order valence-electron chi connectivity index (χ2n) is 7.87. The van der Waals surface area contributed by atoms with Gasteiger partial charge >= 0.3 is 5.97 Å². The van der Waals surface area contributed by atoms with Crippen molar-refractivity contribution in [3.05, 3.63) is 76.4 Å². The number of benzene rings is 2. The minimum Gasteiger partial charge on any atom is -0.451 e. The molecule has 7 heteroatoms. The fourth-order valence-electron chi connectivity index (χ4n) is 4.00. The van der Waals surface area contributed by atoms with Crippen LogP contribution in [0.4, 0.5) is 10.1 Å². The maximum atomic E-state index is 13.3. The van der Waals surface area contributed by atoms with Crippen LogP contribution in [0.2, 0.25) is 0 Å². The minimum absolute atomic E-state index is 0.221. The van der Waals surface area contributed by atoms with Crippen LogP contribution in [0.25, 0.3) is 5.69 Å². The van der Waals surface area contributed by atoms with Crippen LogP contribution in [0.5, 0.6) is 0 Å². The van der Waals surface area contributed by atoms with Crippen LogP contribution in [0.3, 0.4) is 0 Å². The number of nitrogens with one attached hydrogen (secondary N) is 1. The Morgan fingerprint density at radius 1 is 1.06 bits per heavy atom. The molecule has 1 N–H and O–H groups in total. The van der Waals surface area contributed by atoms with Crippen molar-refractivity contribution in [3.63, 3.8) is 0 Å². The van der Waals surface area contributed by atoms with Crippen molar-refractivity contribution in [1.29, 1.82) is 0 Å². The van der Waals surface area contributed by atoms with E-state index in [1.54, 1.807) is 16.8 Å². The number of fused-ring (bicyclic) bond motifs is 1. The van der Waals surface area contributed by atoms with Crippen LogP contribution in [-0.4, -0.2) is 28.3 Å². The van der Waals surface area contributed by atoms with E-state index in [0.717, 1.165) is 48.1 Å². The lowest BCUT2D eigenvalue weighted by Crippen LogP contribution is -2.22. The highest BCUT2D eigenvalue weighted by Crippen LogP contribution is 2.27. The maximum absolute atomic E-state index is 13.3. The number of carbonyl (C=O) groups excluding carboxylic acids is 2. The molecular weight excluding hydrogens is 397 g/mol. The summed E-state index contributed by atoms with van der Waals surface area (Å²) in [4.78, 5) is 25.0. The average molecular weight is 421 g/mol. The zero-order chi connectivity index (χ0) is 22.0. The molecule has 1 amide bonds. The average Bonchev–Trinajstić information content (AvgIpc) is 3.12. The van der Waals surface area contributed by atoms with E-state index in [2.05, 4.69) is 10.4 Å². The van der Waals surface area contributed by atoms with Crippen LogP contribution in [0.1, 0.15) is 45.7 Å². The molecule has 160 valence electrons. The second-order valence-corrected chi connectivity index (χ2v) is 7.87. The Kier molecular flexibility index (Phi) is 5.84. The Morgan fingerprint density at radius 2 is 1.74 bits per heavy atom. The number of amides is 1. The summed E-state index contributed by atoms with van der Waals surface area (Å²) in [7, 11) is 0. The lowest BCUT2D eigenvalue weighted by molar-refractivity contribution is -0.119. The van der Waals surface area contributed by atoms with Gasteiger partial charge in [-0.3, -0.25) is 4.79 Å². The first-order valence-electron chi connectivity index (χ1n) is 10.3. The zero-order valence-electron chi connectivity index (χ0n) is 17.6. The molecule has 0 saturated heterocycles. The first-order chi connectivity index (χ1) is 14.9. The minimum atomic E-state index is -0.630. The van der Waals surface area contributed by atoms with E-state index in [0.29, 0.717) is 11.4 Å². The maximum Gasteiger partial charge on any atom is 0.359 e. The zero-order valence-corrected chi connectivity index (χ0v) is 17.6. The van der Waals surface area contributed by atoms with E-state index in [-0.39, 0.29) is 11.5 Å². The number of aromatic nitrogens is 2. The molecule has 1 aliphatic rings. The van der Waals surface area contributed by atoms with Gasteiger partial charge < -0.3 is 10.1 Å². The fraction of sp³-hybridized carbons (Fsp3) is 0.292. The summed E-state index contributed by atoms with van der Waals surface area (Å²) >= 11 is 0. The van der Waals surface area contributed by atoms with Gasteiger partial charge in [0.2, 0.25) is 0 Å². The Balaban J connectivity index is 1.49. The van der Waals surface area contributed by atoms with Gasteiger partial charge in [0.15, 0.2) is 12.3 Å². The van der Waals surface area contributed by atoms with Gasteiger partial charge in [0, 0.05) is 16.9 Å². The van der Waals surface area contributed by atoms with Crippen molar-refractivity contribution in [2.24, 2.45) is 0 Å². The molecule has 0 aliphatic heterocycles. The molecule has 31 heavy (non-hydrogen) atoms. The van der Waals surface area contributed by atoms with Crippen molar-refractivity contribution < 1.29 is 18.7 Å². The Hall–Kier alpha value is -3.48. The number of halogens is 1. The molecular formula is C24H24FN3O3. The van der Waals surface area contributed by atoms with Crippen molar-refractivity contribution in [1.82, 2.24) is 9.78 Å². The summed E-state index contributed by atoms with van der Waals surface area (Å²) in [6, 6.07) is 11.7. The van der Waals surface area contributed by atoms with Gasteiger partial charge in [-0.1, -0.05) is 6.07 Å². The Bertz CT molecular complexity index is 1120. The third-order valence-electron chi connectivity index (χ3n) is 5.28. The standard InChI is InChI=1S/C24H24FN3O3/c1-15-11-16(2)13-18(12-15)26-22(29)14-31-24(30)23-20-5-3-4-6-21(20)28(27-23)19-9-7-17(25)8-10-19/h7-13H,3-6,14H2,1-2H3,(H,26,29). The SMILES string of the molecule is Cc1cc(C)cc(NC(=O)COC(=O)c2nn(-c3ccc(F)cc3)c3c2CCCC3)c1. The van der Waals surface area contributed by atoms with E-state index in [1.165, 1.54) is 12.1 Å². The van der Waals surface area contributed by atoms with Gasteiger partial charge in [0.05, 0.1) is 5.69 Å². The quantitative estimate of drug-likeness (QED) is 0.624. The number of hydrogen-bond donors (Lipinski definition) is 1. The Labute approximate surface area is 180 Å². The summed E-state index contributed by atoms with van der Waals surface area (Å²) in [6.45, 7) is 3.50. The molecule has 0 unspecified atom stereocenters. The lowest BCUT2D eigenvalue weighted by atomic mass is 9.95. The van der Waals surface area contributed by atoms with Gasteiger partial charge in [-0.05, 0) is 87.1 Å². The number of aryl methyl sites for hydroxylation is 2. The van der Waals surface area contributed by atoms with E-state index < -0.39 is 18.5 Å². The molecule has 4 rings (SSSR count). The Morgan fingerprint density at radius 3 is 2.45 bits per heavy atom. The molecule has 0 fully saturated rings. The summed E-state index contributed by atoms with van der Waals surface area (Å²) in [5.74, 6) is -1.38. The highest BCUT2D eigenvalue weighted by Gasteiger charge is 2.27. The first-order valence-corrected chi connectivity index (χ1v) is 10.3. The molecule has 0 saturated carbocycles. The van der Waals surface area contributed by atoms with E-state index >= 15 is 0 Å². The molecule has 0 atom stereocenters. The molecule has 1 heterocycles. The molecule has 1 aromatic heterocycles. The molecule has 6 nitrogen and oxygen atoms in total. The largest absolute Gasteiger partial charge is 0.451 e. The molecule has 0 bridgehead atoms. The monoisotopic (exact) mass is 421 g/mol. The second kappa shape index (κ2) is 8.71. The molecule has 2 aromatic carbocycles. The summed E-state index contributed by atoms with van der Waals surface area (Å²) in [6.07, 6.45) is 3.44. The van der Waals surface area contributed by atoms with Crippen molar-refractivity contribution in [2.75, 3.05) is 11.9 Å². The van der Waals surface area contributed by atoms with Crippen LogP contribution >= 0.6 is 0 Å². The molecule has 0 spiro atoms. The summed E-state index contributed by atoms with van der Waals surface area (Å²) in [5.41, 5.74) is 5.41. The van der Waals surface area contributed by atoms with Crippen molar-refractivity contribution in [3.8, 4) is 5.69 Å². The van der Waals surface area contributed by atoms with Crippen LogP contribution in [0.15, 0.2) is 42.5 Å². The van der Waals surface area contributed by atoms with Crippen LogP contribution in [0, 0.1) is 19.7 Å². The summed E-state index contributed by atoms with van der Waals surface area (Å²) in [5, 5.41) is 7.22. The summed E-state index contributed by atoms with van der Waals surface area (Å²) < 4.78 is 20.3. The van der Waals surface area contributed by atoms with Gasteiger partial charge in [-0.15, -0.1) is 0 Å². The fourth-order valence-corrected chi connectivity index (χ4v) is 4.00. The number of esters is 1. The van der Waals surface area contributed by atoms with E-state index in [1.807, 2.05) is 32.0 Å². The number of ether oxygens (including phenoxy) is 1. The highest BCUT2D eigenvalue weighted by atomic mass is 19.1. The number of nitrogens with zero attached hydrogens (tertiary/aromatic N) is 2.